The number of para-hydroxylation sites is 1. The van der Waals surface area contributed by atoms with Crippen molar-refractivity contribution >= 4 is 77.1 Å². The third-order valence-corrected chi connectivity index (χ3v) is 11.5. The Hall–Kier alpha value is -7.76. The van der Waals surface area contributed by atoms with Gasteiger partial charge in [0.15, 0.2) is 5.84 Å². The highest BCUT2D eigenvalue weighted by atomic mass is 16.3. The van der Waals surface area contributed by atoms with Gasteiger partial charge in [-0.1, -0.05) is 152 Å². The van der Waals surface area contributed by atoms with E-state index in [9.17, 15) is 0 Å². The van der Waals surface area contributed by atoms with Crippen molar-refractivity contribution in [3.63, 3.8) is 0 Å². The molecule has 1 atom stereocenters. The molecule has 1 N–H and O–H groups in total. The van der Waals surface area contributed by atoms with Gasteiger partial charge in [0.1, 0.15) is 34.3 Å². The molecule has 0 saturated carbocycles. The van der Waals surface area contributed by atoms with Gasteiger partial charge >= 0.3 is 0 Å². The van der Waals surface area contributed by atoms with Crippen molar-refractivity contribution in [1.29, 1.82) is 0 Å². The minimum Gasteiger partial charge on any atom is -0.456 e. The summed E-state index contributed by atoms with van der Waals surface area (Å²) in [4.78, 5) is 10.6. The lowest BCUT2D eigenvalue weighted by Crippen LogP contribution is -2.33. The molecule has 0 aliphatic carbocycles. The molecule has 272 valence electrons. The van der Waals surface area contributed by atoms with Crippen LogP contribution in [0.25, 0.3) is 87.7 Å². The Balaban J connectivity index is 1.01. The number of benzene rings is 9. The van der Waals surface area contributed by atoms with Gasteiger partial charge < -0.3 is 14.2 Å². The van der Waals surface area contributed by atoms with E-state index in [2.05, 4.69) is 163 Å². The summed E-state index contributed by atoms with van der Waals surface area (Å²) in [6.07, 6.45) is -0.362. The predicted octanol–water partition coefficient (Wildman–Crippen LogP) is 13.6. The van der Waals surface area contributed by atoms with E-state index in [0.717, 1.165) is 99.3 Å². The average Bonchev–Trinajstić information content (AvgIpc) is 3.88. The number of nitrogens with zero attached hydrogens (tertiary/aromatic N) is 2. The molecule has 11 aromatic rings. The molecule has 3 heterocycles. The summed E-state index contributed by atoms with van der Waals surface area (Å²) in [6.45, 7) is 0. The van der Waals surface area contributed by atoms with Crippen molar-refractivity contribution in [2.24, 2.45) is 9.98 Å². The van der Waals surface area contributed by atoms with Gasteiger partial charge in [-0.2, -0.15) is 0 Å². The van der Waals surface area contributed by atoms with Crippen LogP contribution >= 0.6 is 0 Å². The highest BCUT2D eigenvalue weighted by Gasteiger charge is 2.25. The zero-order valence-electron chi connectivity index (χ0n) is 31.2. The third-order valence-electron chi connectivity index (χ3n) is 11.5. The van der Waals surface area contributed by atoms with Crippen LogP contribution < -0.4 is 5.32 Å². The number of furan rings is 2. The number of rotatable bonds is 5. The fraction of sp³-hybridized carbons (Fsp3) is 0.0189. The van der Waals surface area contributed by atoms with Crippen molar-refractivity contribution in [3.05, 3.63) is 205 Å². The number of hydrogen-bond donors (Lipinski definition) is 1. The largest absolute Gasteiger partial charge is 0.456 e. The van der Waals surface area contributed by atoms with Crippen molar-refractivity contribution in [1.82, 2.24) is 5.32 Å². The van der Waals surface area contributed by atoms with Crippen LogP contribution in [0.15, 0.2) is 207 Å². The first-order valence-corrected chi connectivity index (χ1v) is 19.6. The Kier molecular flexibility index (Phi) is 7.23. The monoisotopic (exact) mass is 743 g/mol. The molecule has 0 bridgehead atoms. The Morgan fingerprint density at radius 2 is 1.10 bits per heavy atom. The molecule has 0 fully saturated rings. The summed E-state index contributed by atoms with van der Waals surface area (Å²) in [5.74, 6) is 1.42. The van der Waals surface area contributed by atoms with Crippen LogP contribution in [0.2, 0.25) is 0 Å². The summed E-state index contributed by atoms with van der Waals surface area (Å²) in [6, 6.07) is 65.7. The van der Waals surface area contributed by atoms with Crippen LogP contribution in [0.1, 0.15) is 22.9 Å². The Bertz CT molecular complexity index is 3480. The molecule has 12 rings (SSSR count). The SMILES string of the molecule is c1ccc(-c2ccc(C3N=C(c4cccc5oc6cc(-c7cc8ccccc8c8oc9ccccc9c78)ccc6c45)N=C(c4ccc5ccccc5c4)N3)cc2)cc1. The van der Waals surface area contributed by atoms with E-state index in [1.165, 1.54) is 10.9 Å². The Morgan fingerprint density at radius 1 is 0.414 bits per heavy atom. The molecule has 0 spiro atoms. The number of nitrogens with one attached hydrogen (secondary N) is 1. The van der Waals surface area contributed by atoms with Crippen molar-refractivity contribution in [2.75, 3.05) is 0 Å². The van der Waals surface area contributed by atoms with E-state index < -0.39 is 0 Å². The Labute approximate surface area is 333 Å². The molecule has 0 radical (unpaired) electrons. The molecule has 0 saturated heterocycles. The molecule has 1 aliphatic rings. The quantitative estimate of drug-likeness (QED) is 0.191. The topological polar surface area (TPSA) is 63.0 Å². The smallest absolute Gasteiger partial charge is 0.160 e. The Morgan fingerprint density at radius 3 is 1.98 bits per heavy atom. The number of fused-ring (bicyclic) bond motifs is 9. The van der Waals surface area contributed by atoms with Gasteiger partial charge in [-0.3, -0.25) is 0 Å². The molecule has 1 aliphatic heterocycles. The van der Waals surface area contributed by atoms with Gasteiger partial charge in [-0.25, -0.2) is 9.98 Å². The van der Waals surface area contributed by atoms with Gasteiger partial charge in [-0.15, -0.1) is 0 Å². The number of aliphatic imine (C=N–C) groups is 2. The van der Waals surface area contributed by atoms with E-state index in [0.29, 0.717) is 5.84 Å². The maximum absolute atomic E-state index is 6.70. The molecule has 5 heteroatoms. The second-order valence-electron chi connectivity index (χ2n) is 14.9. The second-order valence-corrected chi connectivity index (χ2v) is 14.9. The zero-order chi connectivity index (χ0) is 38.2. The molecule has 1 unspecified atom stereocenters. The molecular formula is C53H33N3O2. The van der Waals surface area contributed by atoms with Crippen LogP contribution in [-0.4, -0.2) is 11.7 Å². The predicted molar refractivity (Wildman–Crippen MR) is 239 cm³/mol. The zero-order valence-corrected chi connectivity index (χ0v) is 31.2. The average molecular weight is 744 g/mol. The van der Waals surface area contributed by atoms with Crippen LogP contribution in [0.5, 0.6) is 0 Å². The van der Waals surface area contributed by atoms with Crippen molar-refractivity contribution in [2.45, 2.75) is 6.17 Å². The maximum Gasteiger partial charge on any atom is 0.160 e. The molecule has 5 nitrogen and oxygen atoms in total. The molecule has 58 heavy (non-hydrogen) atoms. The lowest BCUT2D eigenvalue weighted by Gasteiger charge is -2.24. The fourth-order valence-corrected chi connectivity index (χ4v) is 8.68. The van der Waals surface area contributed by atoms with E-state index in [4.69, 9.17) is 18.8 Å². The highest BCUT2D eigenvalue weighted by Crippen LogP contribution is 2.43. The van der Waals surface area contributed by atoms with Crippen LogP contribution in [-0.2, 0) is 0 Å². The van der Waals surface area contributed by atoms with Gasteiger partial charge in [0.2, 0.25) is 0 Å². The van der Waals surface area contributed by atoms with Crippen molar-refractivity contribution < 1.29 is 8.83 Å². The standard InChI is InChI=1S/C53H33N3O2/c1-2-11-32(12-3-1)34-21-24-35(25-22-34)51-54-52(39-26-23-33-13-4-5-14-36(33)29-39)56-53(55-51)43-18-10-20-46-48(43)42-28-27-38(31-47(42)57-46)44-30-37-15-6-7-16-40(37)50-49(44)41-17-8-9-19-45(41)58-50/h1-31,51H,(H,54,55,56). The molecular weight excluding hydrogens is 711 g/mol. The highest BCUT2D eigenvalue weighted by molar-refractivity contribution is 6.24. The first-order chi connectivity index (χ1) is 28.7. The van der Waals surface area contributed by atoms with E-state index >= 15 is 0 Å². The summed E-state index contributed by atoms with van der Waals surface area (Å²) >= 11 is 0. The van der Waals surface area contributed by atoms with E-state index in [1.54, 1.807) is 0 Å². The normalized spacial score (nSPS) is 14.4. The van der Waals surface area contributed by atoms with Gasteiger partial charge in [-0.05, 0) is 80.4 Å². The van der Waals surface area contributed by atoms with E-state index in [-0.39, 0.29) is 6.17 Å². The summed E-state index contributed by atoms with van der Waals surface area (Å²) in [5.41, 5.74) is 10.8. The fourth-order valence-electron chi connectivity index (χ4n) is 8.68. The first kappa shape index (κ1) is 32.5. The molecule has 9 aromatic carbocycles. The van der Waals surface area contributed by atoms with Gasteiger partial charge in [0, 0.05) is 38.1 Å². The summed E-state index contributed by atoms with van der Waals surface area (Å²) in [5, 5.41) is 12.5. The molecule has 2 aromatic heterocycles. The summed E-state index contributed by atoms with van der Waals surface area (Å²) in [7, 11) is 0. The second kappa shape index (κ2) is 12.9. The first-order valence-electron chi connectivity index (χ1n) is 19.6. The lowest BCUT2D eigenvalue weighted by atomic mass is 9.94. The van der Waals surface area contributed by atoms with Crippen LogP contribution in [0.4, 0.5) is 0 Å². The van der Waals surface area contributed by atoms with Gasteiger partial charge in [0.25, 0.3) is 0 Å². The van der Waals surface area contributed by atoms with E-state index in [1.807, 2.05) is 30.3 Å². The number of amidine groups is 2. The summed E-state index contributed by atoms with van der Waals surface area (Å²) < 4.78 is 13.2. The minimum absolute atomic E-state index is 0.362. The lowest BCUT2D eigenvalue weighted by molar-refractivity contribution is 0.668. The van der Waals surface area contributed by atoms with Crippen LogP contribution in [0, 0.1) is 0 Å². The maximum atomic E-state index is 6.70. The third kappa shape index (κ3) is 5.25. The van der Waals surface area contributed by atoms with Gasteiger partial charge in [0.05, 0.1) is 0 Å². The van der Waals surface area contributed by atoms with Crippen molar-refractivity contribution in [3.8, 4) is 22.3 Å². The minimum atomic E-state index is -0.362. The van der Waals surface area contributed by atoms with Crippen LogP contribution in [0.3, 0.4) is 0 Å². The number of hydrogen-bond acceptors (Lipinski definition) is 5. The molecule has 0 amide bonds.